The van der Waals surface area contributed by atoms with Crippen molar-refractivity contribution in [1.82, 2.24) is 0 Å². The Hall–Kier alpha value is -10.4. The van der Waals surface area contributed by atoms with Gasteiger partial charge in [0.2, 0.25) is 0 Å². The third-order valence-corrected chi connectivity index (χ3v) is 25.0. The Labute approximate surface area is 713 Å². The highest BCUT2D eigenvalue weighted by Crippen LogP contribution is 2.57. The third-order valence-electron chi connectivity index (χ3n) is 25.0. The molecule has 16 nitrogen and oxygen atoms in total. The number of carbonyl (C=O) groups is 3. The van der Waals surface area contributed by atoms with Crippen LogP contribution in [0.3, 0.4) is 0 Å². The molecular formula is C104H134O16. The summed E-state index contributed by atoms with van der Waals surface area (Å²) in [5.41, 5.74) is 17.6. The third kappa shape index (κ3) is 21.1. The van der Waals surface area contributed by atoms with Gasteiger partial charge in [-0.3, -0.25) is 0 Å². The van der Waals surface area contributed by atoms with Gasteiger partial charge < -0.3 is 65.3 Å². The number of hydrogen-bond acceptors (Lipinski definition) is 13. The minimum Gasteiger partial charge on any atom is -0.507 e. The Bertz CT molecular complexity index is 5030. The van der Waals surface area contributed by atoms with E-state index in [9.17, 15) is 65.4 Å². The summed E-state index contributed by atoms with van der Waals surface area (Å²) >= 11 is 0. The van der Waals surface area contributed by atoms with E-state index in [0.29, 0.717) is 75.5 Å². The molecule has 3 aliphatic heterocycles. The van der Waals surface area contributed by atoms with Crippen LogP contribution in [0.1, 0.15) is 336 Å². The van der Waals surface area contributed by atoms with Gasteiger partial charge in [-0.1, -0.05) is 193 Å². The van der Waals surface area contributed by atoms with E-state index in [1.54, 1.807) is 18.2 Å². The van der Waals surface area contributed by atoms with Crippen molar-refractivity contribution < 1.29 is 79.7 Å². The van der Waals surface area contributed by atoms with Gasteiger partial charge in [0, 0.05) is 51.5 Å². The Balaban J connectivity index is 0.000000171. The molecule has 0 bridgehead atoms. The number of allylic oxidation sites excluding steroid dienone is 8. The van der Waals surface area contributed by atoms with Gasteiger partial charge in [-0.2, -0.15) is 0 Å². The average Bonchev–Trinajstić information content (AvgIpc) is 0.741. The lowest BCUT2D eigenvalue weighted by Crippen LogP contribution is -2.45. The van der Waals surface area contributed by atoms with Crippen LogP contribution in [0.15, 0.2) is 138 Å². The maximum Gasteiger partial charge on any atom is 0.339 e. The van der Waals surface area contributed by atoms with E-state index in [0.717, 1.165) is 171 Å². The summed E-state index contributed by atoms with van der Waals surface area (Å²) in [6.07, 6.45) is 27.1. The molecule has 13 rings (SSSR count). The molecule has 6 aliphatic rings. The molecule has 7 aromatic carbocycles. The zero-order valence-corrected chi connectivity index (χ0v) is 74.6. The van der Waals surface area contributed by atoms with Crippen LogP contribution in [0.2, 0.25) is 0 Å². The molecule has 0 fully saturated rings. The fourth-order valence-corrected chi connectivity index (χ4v) is 18.8. The summed E-state index contributed by atoms with van der Waals surface area (Å²) in [4.78, 5) is 35.4. The number of carboxylic acid groups (broad SMARTS) is 3. The molecule has 3 aliphatic carbocycles. The molecule has 10 N–H and O–H groups in total. The average molecular weight is 1640 g/mol. The van der Waals surface area contributed by atoms with Crippen molar-refractivity contribution in [3.63, 3.8) is 0 Å². The monoisotopic (exact) mass is 1640 g/mol. The number of phenols is 7. The SMILES string of the molecule is C=C(C)C1CCC(C)=C[C@H]1c1c(O)cc(CCC)c(C(=O)O)c1O.C=C(C)[C@@H]1CCC(C)=C[C@H]1c1c(O)cc(CCC)cc1O.CCCCCc1cc(O)c2c(c1)OC(C)(C)c1ccc(C)cc1-2.CCCCCc1cc2c(c(O)c1C(=O)O)-c1cc(C)ccc1C(C)(C)O2.CCCCCc1cc2c(c(O)c1C(=O)O)[C@@H]1C=C(C)CC[C@H]1C(C)(C)O2. The van der Waals surface area contributed by atoms with Crippen LogP contribution in [-0.4, -0.2) is 74.6 Å². The first-order valence-electron chi connectivity index (χ1n) is 43.7. The number of ether oxygens (including phenoxy) is 3. The zero-order valence-electron chi connectivity index (χ0n) is 74.6. The van der Waals surface area contributed by atoms with Gasteiger partial charge in [0.25, 0.3) is 0 Å². The van der Waals surface area contributed by atoms with Crippen molar-refractivity contribution in [3.8, 4) is 79.7 Å². The summed E-state index contributed by atoms with van der Waals surface area (Å²) in [6, 6.07) is 25.1. The molecule has 6 atom stereocenters. The van der Waals surface area contributed by atoms with Gasteiger partial charge in [0.1, 0.15) is 91.0 Å². The van der Waals surface area contributed by atoms with Crippen LogP contribution in [0.4, 0.5) is 0 Å². The smallest absolute Gasteiger partial charge is 0.339 e. The highest BCUT2D eigenvalue weighted by Gasteiger charge is 2.47. The number of rotatable bonds is 23. The number of unbranched alkanes of at least 4 members (excludes halogenated alkanes) is 6. The number of aromatic carboxylic acids is 3. The fraction of sp³-hybridized carbons (Fsp3) is 0.471. The topological polar surface area (TPSA) is 281 Å². The van der Waals surface area contributed by atoms with Crippen LogP contribution >= 0.6 is 0 Å². The highest BCUT2D eigenvalue weighted by molar-refractivity contribution is 5.99. The van der Waals surface area contributed by atoms with E-state index in [4.69, 9.17) is 14.2 Å². The van der Waals surface area contributed by atoms with E-state index in [1.807, 2.05) is 84.9 Å². The van der Waals surface area contributed by atoms with Crippen LogP contribution in [0, 0.1) is 31.6 Å². The highest BCUT2D eigenvalue weighted by atomic mass is 16.5. The lowest BCUT2D eigenvalue weighted by Gasteiger charge is -2.46. The van der Waals surface area contributed by atoms with Crippen molar-refractivity contribution in [1.29, 1.82) is 0 Å². The first-order valence-corrected chi connectivity index (χ1v) is 43.7. The zero-order chi connectivity index (χ0) is 88.3. The van der Waals surface area contributed by atoms with Crippen molar-refractivity contribution in [2.24, 2.45) is 17.8 Å². The Morgan fingerprint density at radius 2 is 0.792 bits per heavy atom. The van der Waals surface area contributed by atoms with Crippen LogP contribution < -0.4 is 14.2 Å². The predicted octanol–water partition coefficient (Wildman–Crippen LogP) is 26.4. The molecular weight excluding hydrogens is 1510 g/mol. The summed E-state index contributed by atoms with van der Waals surface area (Å²) in [7, 11) is 0. The minimum atomic E-state index is -1.17. The van der Waals surface area contributed by atoms with E-state index >= 15 is 0 Å². The van der Waals surface area contributed by atoms with Crippen LogP contribution in [0.25, 0.3) is 22.3 Å². The first-order chi connectivity index (χ1) is 56.6. The second kappa shape index (κ2) is 39.9. The van der Waals surface area contributed by atoms with Gasteiger partial charge in [-0.25, -0.2) is 14.4 Å². The summed E-state index contributed by atoms with van der Waals surface area (Å²) in [5, 5.41) is 103. The Kier molecular flexibility index (Phi) is 31.1. The molecule has 0 saturated carbocycles. The van der Waals surface area contributed by atoms with E-state index in [1.165, 1.54) is 41.2 Å². The lowest BCUT2D eigenvalue weighted by molar-refractivity contribution is 0.0106. The summed E-state index contributed by atoms with van der Waals surface area (Å²) < 4.78 is 18.8. The molecule has 0 spiro atoms. The maximum absolute atomic E-state index is 11.9. The Morgan fingerprint density at radius 3 is 1.26 bits per heavy atom. The van der Waals surface area contributed by atoms with Crippen LogP contribution in [-0.2, 0) is 43.3 Å². The van der Waals surface area contributed by atoms with Gasteiger partial charge >= 0.3 is 17.9 Å². The lowest BCUT2D eigenvalue weighted by atomic mass is 9.67. The normalized spacial score (nSPS) is 19.0. The molecule has 1 unspecified atom stereocenters. The molecule has 120 heavy (non-hydrogen) atoms. The van der Waals surface area contributed by atoms with E-state index in [-0.39, 0.29) is 97.9 Å². The van der Waals surface area contributed by atoms with Crippen molar-refractivity contribution in [3.05, 3.63) is 222 Å². The second-order valence-corrected chi connectivity index (χ2v) is 36.1. The summed E-state index contributed by atoms with van der Waals surface area (Å²) in [6.45, 7) is 45.2. The van der Waals surface area contributed by atoms with Gasteiger partial charge in [-0.15, -0.1) is 0 Å². The number of carboxylic acids is 3. The maximum atomic E-state index is 11.9. The van der Waals surface area contributed by atoms with Gasteiger partial charge in [-0.05, 0) is 273 Å². The largest absolute Gasteiger partial charge is 0.507 e. The molecule has 0 radical (unpaired) electrons. The van der Waals surface area contributed by atoms with E-state index < -0.39 is 23.5 Å². The number of hydrogen-bond donors (Lipinski definition) is 10. The standard InChI is InChI=1S/C22H30O4.C22H26O4.C21H26O2.C20H26O4.C19H26O2/c2*1-5-6-7-8-14-12-17-19(20(23)18(14)21(24)25)15-11-13(2)9-10-16(15)22(3,4)26-17;1-5-6-7-8-15-12-18(22)20-16-11-14(2)9-10-17(16)21(3,4)23-19(20)13-15;1-5-6-13-10-16(21)18(19(22)17(13)20(23)24)15-9-12(4)7-8-14(15)11(2)3;1-5-6-14-10-17(20)19(18(21)11-14)16-9-13(4)7-8-15(16)12(2)3/h11-12,15-16,23H,5-10H2,1-4H3,(H,24,25);9-12,23H,5-8H2,1-4H3,(H,24,25);9-13,22H,5-8H2,1-4H3;9-10,14-15,21-22H,2,5-8H2,1,3-4H3,(H,23,24);9-11,15-16,20-21H,2,5-8H2,1,3-4H3/t15-,16-;;;14?,15-;15-,16+/m1..10/s1. The number of aryl methyl sites for hydroxylation is 7. The molecule has 3 heterocycles. The van der Waals surface area contributed by atoms with Crippen molar-refractivity contribution >= 4 is 17.9 Å². The fourth-order valence-electron chi connectivity index (χ4n) is 18.8. The number of benzene rings is 7. The van der Waals surface area contributed by atoms with Crippen molar-refractivity contribution in [2.75, 3.05) is 0 Å². The van der Waals surface area contributed by atoms with E-state index in [2.05, 4.69) is 126 Å². The molecule has 0 saturated heterocycles. The molecule has 0 amide bonds. The molecule has 16 heteroatoms. The molecule has 0 aromatic heterocycles. The van der Waals surface area contributed by atoms with Gasteiger partial charge in [0.05, 0.1) is 11.1 Å². The number of fused-ring (bicyclic) bond motifs is 9. The van der Waals surface area contributed by atoms with Gasteiger partial charge in [0.15, 0.2) is 0 Å². The molecule has 7 aromatic rings. The van der Waals surface area contributed by atoms with Crippen LogP contribution in [0.5, 0.6) is 57.5 Å². The number of aromatic hydroxyl groups is 7. The minimum absolute atomic E-state index is 0.00406. The molecule has 646 valence electrons. The first kappa shape index (κ1) is 93.5. The second-order valence-electron chi connectivity index (χ2n) is 36.1. The van der Waals surface area contributed by atoms with Crippen molar-refractivity contribution in [2.45, 2.75) is 300 Å². The summed E-state index contributed by atoms with van der Waals surface area (Å²) in [5.74, 6) is -0.856. The number of phenolic OH excluding ortho intramolecular Hbond substituents is 4. The predicted molar refractivity (Wildman–Crippen MR) is 482 cm³/mol. The quantitative estimate of drug-likeness (QED) is 0.0210. The Morgan fingerprint density at radius 1 is 0.400 bits per heavy atom.